The molecular weight excluding hydrogens is 446 g/mol. The van der Waals surface area contributed by atoms with E-state index in [1.165, 1.54) is 0 Å². The Hall–Kier alpha value is -3.64. The van der Waals surface area contributed by atoms with E-state index in [0.717, 1.165) is 25.7 Å². The number of nitrogens with zero attached hydrogens (tertiary/aromatic N) is 2. The van der Waals surface area contributed by atoms with Gasteiger partial charge in [0.05, 0.1) is 34.9 Å². The van der Waals surface area contributed by atoms with Crippen molar-refractivity contribution in [3.8, 4) is 6.07 Å². The number of nitrogens with one attached hydrogen (secondary N) is 2. The van der Waals surface area contributed by atoms with Crippen LogP contribution >= 0.6 is 0 Å². The van der Waals surface area contributed by atoms with Crippen LogP contribution in [-0.2, 0) is 10.4 Å². The van der Waals surface area contributed by atoms with Crippen molar-refractivity contribution in [2.75, 3.05) is 5.32 Å². The van der Waals surface area contributed by atoms with Crippen molar-refractivity contribution in [2.45, 2.75) is 63.0 Å². The highest BCUT2D eigenvalue weighted by Crippen LogP contribution is 2.40. The molecule has 184 valence electrons. The third kappa shape index (κ3) is 5.38. The van der Waals surface area contributed by atoms with E-state index in [0.29, 0.717) is 42.6 Å². The summed E-state index contributed by atoms with van der Waals surface area (Å²) in [6.45, 7) is 0. The molecule has 0 unspecified atom stereocenters. The number of aliphatic imine (C=N–C) groups is 1. The van der Waals surface area contributed by atoms with Crippen molar-refractivity contribution in [1.29, 1.82) is 5.26 Å². The number of carboxylic acids is 1. The van der Waals surface area contributed by atoms with Crippen molar-refractivity contribution in [2.24, 2.45) is 22.6 Å². The van der Waals surface area contributed by atoms with Crippen molar-refractivity contribution in [1.82, 2.24) is 4.98 Å². The number of pyridine rings is 1. The van der Waals surface area contributed by atoms with Gasteiger partial charge in [-0.25, -0.2) is 4.99 Å². The zero-order valence-electron chi connectivity index (χ0n) is 19.5. The molecule has 2 fully saturated rings. The molecule has 1 aromatic heterocycles. The maximum atomic E-state index is 12.6. The minimum Gasteiger partial charge on any atom is -0.481 e. The van der Waals surface area contributed by atoms with Crippen LogP contribution in [0.5, 0.6) is 0 Å². The highest BCUT2D eigenvalue weighted by Gasteiger charge is 2.37. The number of hydrogen-bond acceptors (Lipinski definition) is 6. The van der Waals surface area contributed by atoms with Gasteiger partial charge >= 0.3 is 5.97 Å². The Labute approximate surface area is 203 Å². The summed E-state index contributed by atoms with van der Waals surface area (Å²) >= 11 is 0. The van der Waals surface area contributed by atoms with Crippen LogP contribution in [0.4, 0.5) is 11.4 Å². The molecule has 1 aromatic carbocycles. The summed E-state index contributed by atoms with van der Waals surface area (Å²) in [5.41, 5.74) is 6.84. The molecule has 1 heterocycles. The third-order valence-corrected chi connectivity index (χ3v) is 7.31. The summed E-state index contributed by atoms with van der Waals surface area (Å²) in [6.07, 6.45) is 6.88. The second-order valence-corrected chi connectivity index (χ2v) is 9.55. The van der Waals surface area contributed by atoms with Crippen LogP contribution in [0.1, 0.15) is 62.5 Å². The predicted molar refractivity (Wildman–Crippen MR) is 132 cm³/mol. The van der Waals surface area contributed by atoms with E-state index in [9.17, 15) is 25.1 Å². The van der Waals surface area contributed by atoms with Crippen LogP contribution in [0.3, 0.4) is 0 Å². The van der Waals surface area contributed by atoms with Gasteiger partial charge < -0.3 is 26.2 Å². The van der Waals surface area contributed by atoms with Crippen LogP contribution in [0.25, 0.3) is 0 Å². The average Bonchev–Trinajstić information content (AvgIpc) is 2.85. The van der Waals surface area contributed by atoms with Crippen LogP contribution in [0.15, 0.2) is 46.3 Å². The molecule has 0 spiro atoms. The highest BCUT2D eigenvalue weighted by molar-refractivity contribution is 6.03. The average molecular weight is 478 g/mol. The summed E-state index contributed by atoms with van der Waals surface area (Å²) in [5, 5.41) is 33.1. The van der Waals surface area contributed by atoms with Crippen molar-refractivity contribution in [3.63, 3.8) is 0 Å². The van der Waals surface area contributed by atoms with Gasteiger partial charge in [0, 0.05) is 12.2 Å². The number of H-pyrrole nitrogens is 1. The number of hydrogen-bond donors (Lipinski definition) is 5. The number of carboxylic acid groups (broad SMARTS) is 1. The molecule has 2 aliphatic rings. The molecule has 2 saturated carbocycles. The first kappa shape index (κ1) is 24.5. The number of carbonyl (C=O) groups is 1. The second kappa shape index (κ2) is 10.3. The lowest BCUT2D eigenvalue weighted by Crippen LogP contribution is -2.34. The van der Waals surface area contributed by atoms with Crippen LogP contribution in [0, 0.1) is 23.2 Å². The standard InChI is InChI=1S/C26H31N5O4/c27-15-17-3-1-2-4-20(17)31-21-11-14-29-24(32)22(21)23(28)30-19-7-5-18(6-8-19)26(35)12-9-16(10-13-26)25(33)34/h5-8,11,14,16-17,20,35H,1-4,9-10,12-13H2,(H2,28,30)(H,33,34)(H2,29,31,32)/t16?,17-,20+,26?/m1/s1. The van der Waals surface area contributed by atoms with Gasteiger partial charge in [-0.1, -0.05) is 25.0 Å². The van der Waals surface area contributed by atoms with Crippen LogP contribution in [-0.4, -0.2) is 33.0 Å². The fourth-order valence-electron chi connectivity index (χ4n) is 5.18. The topological polar surface area (TPSA) is 165 Å². The summed E-state index contributed by atoms with van der Waals surface area (Å²) in [6, 6.07) is 11.0. The second-order valence-electron chi connectivity index (χ2n) is 9.55. The fourth-order valence-corrected chi connectivity index (χ4v) is 5.18. The van der Waals surface area contributed by atoms with Crippen molar-refractivity contribution < 1.29 is 15.0 Å². The molecule has 4 rings (SSSR count). The first-order valence-electron chi connectivity index (χ1n) is 12.1. The molecule has 9 heteroatoms. The number of benzene rings is 1. The van der Waals surface area contributed by atoms with E-state index in [2.05, 4.69) is 21.4 Å². The monoisotopic (exact) mass is 477 g/mol. The van der Waals surface area contributed by atoms with Crippen LogP contribution < -0.4 is 16.6 Å². The van der Waals surface area contributed by atoms with Crippen molar-refractivity contribution in [3.05, 3.63) is 58.0 Å². The summed E-state index contributed by atoms with van der Waals surface area (Å²) in [4.78, 5) is 30.9. The van der Waals surface area contributed by atoms with Crippen LogP contribution in [0.2, 0.25) is 0 Å². The number of aliphatic hydroxyl groups is 1. The fraction of sp³-hybridized carbons (Fsp3) is 0.462. The molecule has 0 radical (unpaired) electrons. The molecule has 0 aliphatic heterocycles. The lowest BCUT2D eigenvalue weighted by Gasteiger charge is -2.35. The number of aromatic nitrogens is 1. The molecule has 2 aromatic rings. The molecule has 2 aliphatic carbocycles. The zero-order chi connectivity index (χ0) is 25.0. The number of amidine groups is 1. The molecular formula is C26H31N5O4. The van der Waals surface area contributed by atoms with E-state index in [-0.39, 0.29) is 28.9 Å². The van der Waals surface area contributed by atoms with Gasteiger partial charge in [-0.15, -0.1) is 0 Å². The lowest BCUT2D eigenvalue weighted by atomic mass is 9.75. The SMILES string of the molecule is N#C[C@H]1CCCC[C@@H]1Nc1cc[nH]c(=O)c1C(N)=Nc1ccc(C2(O)CCC(C(=O)O)CC2)cc1. The number of aromatic amines is 1. The molecule has 0 bridgehead atoms. The maximum absolute atomic E-state index is 12.6. The molecule has 35 heavy (non-hydrogen) atoms. The number of nitriles is 1. The summed E-state index contributed by atoms with van der Waals surface area (Å²) in [7, 11) is 0. The van der Waals surface area contributed by atoms with Gasteiger partial charge in [0.15, 0.2) is 0 Å². The van der Waals surface area contributed by atoms with E-state index < -0.39 is 17.5 Å². The largest absolute Gasteiger partial charge is 0.481 e. The minimum atomic E-state index is -1.06. The smallest absolute Gasteiger partial charge is 0.306 e. The van der Waals surface area contributed by atoms with E-state index in [1.54, 1.807) is 36.5 Å². The highest BCUT2D eigenvalue weighted by atomic mass is 16.4. The van der Waals surface area contributed by atoms with E-state index in [4.69, 9.17) is 5.73 Å². The van der Waals surface area contributed by atoms with Gasteiger partial charge in [0.25, 0.3) is 5.56 Å². The Morgan fingerprint density at radius 2 is 1.83 bits per heavy atom. The van der Waals surface area contributed by atoms with E-state index >= 15 is 0 Å². The quantitative estimate of drug-likeness (QED) is 0.314. The summed E-state index contributed by atoms with van der Waals surface area (Å²) in [5.74, 6) is -1.31. The van der Waals surface area contributed by atoms with Gasteiger partial charge in [0.1, 0.15) is 11.4 Å². The molecule has 0 saturated heterocycles. The number of rotatable bonds is 6. The first-order chi connectivity index (χ1) is 16.8. The predicted octanol–water partition coefficient (Wildman–Crippen LogP) is 3.37. The minimum absolute atomic E-state index is 0.0482. The van der Waals surface area contributed by atoms with Gasteiger partial charge in [-0.05, 0) is 62.3 Å². The van der Waals surface area contributed by atoms with Gasteiger partial charge in [-0.3, -0.25) is 9.59 Å². The van der Waals surface area contributed by atoms with Crippen molar-refractivity contribution >= 4 is 23.2 Å². The Bertz CT molecular complexity index is 1190. The molecule has 0 amide bonds. The number of nitrogens with two attached hydrogens (primary N) is 1. The molecule has 9 nitrogen and oxygen atoms in total. The summed E-state index contributed by atoms with van der Waals surface area (Å²) < 4.78 is 0. The van der Waals surface area contributed by atoms with Gasteiger partial charge in [-0.2, -0.15) is 5.26 Å². The number of anilines is 1. The normalized spacial score (nSPS) is 27.1. The zero-order valence-corrected chi connectivity index (χ0v) is 19.5. The number of aliphatic carboxylic acids is 1. The Balaban J connectivity index is 1.54. The molecule has 6 N–H and O–H groups in total. The Morgan fingerprint density at radius 1 is 1.14 bits per heavy atom. The third-order valence-electron chi connectivity index (χ3n) is 7.31. The first-order valence-corrected chi connectivity index (χ1v) is 12.1. The lowest BCUT2D eigenvalue weighted by molar-refractivity contribution is -0.145. The maximum Gasteiger partial charge on any atom is 0.306 e. The van der Waals surface area contributed by atoms with Gasteiger partial charge in [0.2, 0.25) is 0 Å². The van der Waals surface area contributed by atoms with E-state index in [1.807, 2.05) is 0 Å². The Morgan fingerprint density at radius 3 is 2.49 bits per heavy atom. The molecule has 2 atom stereocenters. The Kier molecular flexibility index (Phi) is 7.22.